The lowest BCUT2D eigenvalue weighted by Crippen LogP contribution is -2.05. The molecule has 0 aliphatic heterocycles. The molecule has 2 N–H and O–H groups in total. The van der Waals surface area contributed by atoms with Crippen molar-refractivity contribution in [2.75, 3.05) is 19.0 Å². The second-order valence-electron chi connectivity index (χ2n) is 5.65. The number of benzene rings is 2. The summed E-state index contributed by atoms with van der Waals surface area (Å²) in [6.45, 7) is 0.461. The maximum Gasteiger partial charge on any atom is 0.278 e. The molecule has 0 aliphatic rings. The van der Waals surface area contributed by atoms with Crippen LogP contribution in [0, 0.1) is 20.2 Å². The van der Waals surface area contributed by atoms with Gasteiger partial charge in [-0.25, -0.2) is 0 Å². The first-order valence-electron chi connectivity index (χ1n) is 7.79. The molecule has 0 saturated carbocycles. The molecule has 0 spiro atoms. The van der Waals surface area contributed by atoms with Crippen LogP contribution in [0.5, 0.6) is 5.75 Å². The Hall–Kier alpha value is -3.62. The summed E-state index contributed by atoms with van der Waals surface area (Å²) in [5.41, 5.74) is 1.72. The van der Waals surface area contributed by atoms with E-state index < -0.39 is 9.85 Å². The quantitative estimate of drug-likeness (QED) is 0.492. The fourth-order valence-electron chi connectivity index (χ4n) is 2.74. The van der Waals surface area contributed by atoms with E-state index in [2.05, 4.69) is 10.3 Å². The summed E-state index contributed by atoms with van der Waals surface area (Å²) in [5, 5.41) is 25.9. The maximum absolute atomic E-state index is 10.9. The lowest BCUT2D eigenvalue weighted by molar-refractivity contribution is -0.394. The molecule has 0 unspecified atom stereocenters. The summed E-state index contributed by atoms with van der Waals surface area (Å²) in [7, 11) is 1.60. The van der Waals surface area contributed by atoms with Crippen molar-refractivity contribution in [3.05, 3.63) is 68.4 Å². The number of ether oxygens (including phenoxy) is 1. The Morgan fingerprint density at radius 3 is 2.38 bits per heavy atom. The lowest BCUT2D eigenvalue weighted by atomic mass is 10.1. The molecular weight excluding hydrogens is 340 g/mol. The van der Waals surface area contributed by atoms with Crippen molar-refractivity contribution in [2.24, 2.45) is 0 Å². The zero-order valence-corrected chi connectivity index (χ0v) is 13.9. The van der Waals surface area contributed by atoms with Crippen LogP contribution in [0.15, 0.2) is 42.6 Å². The van der Waals surface area contributed by atoms with Crippen LogP contribution >= 0.6 is 0 Å². The summed E-state index contributed by atoms with van der Waals surface area (Å²) in [4.78, 5) is 23.7. The van der Waals surface area contributed by atoms with Crippen LogP contribution in [0.25, 0.3) is 10.9 Å². The van der Waals surface area contributed by atoms with Crippen LogP contribution in [0.3, 0.4) is 0 Å². The van der Waals surface area contributed by atoms with Crippen LogP contribution in [-0.4, -0.2) is 28.5 Å². The third-order valence-electron chi connectivity index (χ3n) is 4.02. The first-order valence-corrected chi connectivity index (χ1v) is 7.79. The average molecular weight is 356 g/mol. The van der Waals surface area contributed by atoms with Crippen LogP contribution < -0.4 is 10.1 Å². The highest BCUT2D eigenvalue weighted by Gasteiger charge is 2.16. The molecule has 0 bridgehead atoms. The Balaban J connectivity index is 1.76. The summed E-state index contributed by atoms with van der Waals surface area (Å²) in [5.74, 6) is 0.751. The molecule has 26 heavy (non-hydrogen) atoms. The number of methoxy groups -OCH3 is 1. The number of nitrogens with zero attached hydrogens (tertiary/aromatic N) is 2. The number of nitro groups is 2. The van der Waals surface area contributed by atoms with Crippen molar-refractivity contribution in [1.29, 1.82) is 0 Å². The van der Waals surface area contributed by atoms with Crippen LogP contribution in [0.2, 0.25) is 0 Å². The number of aromatic amines is 1. The van der Waals surface area contributed by atoms with E-state index in [0.717, 1.165) is 28.3 Å². The zero-order valence-electron chi connectivity index (χ0n) is 13.9. The van der Waals surface area contributed by atoms with Gasteiger partial charge < -0.3 is 15.0 Å². The summed E-state index contributed by atoms with van der Waals surface area (Å²) in [6.07, 6.45) is 2.52. The van der Waals surface area contributed by atoms with Gasteiger partial charge in [-0.2, -0.15) is 0 Å². The third-order valence-corrected chi connectivity index (χ3v) is 4.02. The molecule has 0 aliphatic carbocycles. The van der Waals surface area contributed by atoms with Crippen LogP contribution in [0.4, 0.5) is 17.1 Å². The molecule has 0 amide bonds. The van der Waals surface area contributed by atoms with Gasteiger partial charge in [0.2, 0.25) is 0 Å². The smallest absolute Gasteiger partial charge is 0.278 e. The van der Waals surface area contributed by atoms with E-state index >= 15 is 0 Å². The number of anilines is 1. The Morgan fingerprint density at radius 1 is 1.08 bits per heavy atom. The molecule has 0 saturated heterocycles. The first kappa shape index (κ1) is 17.2. The number of aromatic nitrogens is 1. The lowest BCUT2D eigenvalue weighted by Gasteiger charge is -2.06. The molecule has 3 rings (SSSR count). The number of fused-ring (bicyclic) bond motifs is 1. The molecular formula is C17H16N4O5. The van der Waals surface area contributed by atoms with Gasteiger partial charge in [-0.3, -0.25) is 20.2 Å². The van der Waals surface area contributed by atoms with Gasteiger partial charge in [0.1, 0.15) is 5.75 Å². The van der Waals surface area contributed by atoms with Crippen molar-refractivity contribution in [3.8, 4) is 5.75 Å². The molecule has 0 fully saturated rings. The molecule has 1 heterocycles. The largest absolute Gasteiger partial charge is 0.497 e. The number of nitro benzene ring substituents is 2. The SMILES string of the molecule is COc1ccc2[nH]cc(CCNc3cc([N+](=O)[O-])cc([N+](=O)[O-])c3)c2c1. The molecule has 9 heteroatoms. The van der Waals surface area contributed by atoms with Crippen molar-refractivity contribution in [2.45, 2.75) is 6.42 Å². The van der Waals surface area contributed by atoms with Crippen LogP contribution in [0.1, 0.15) is 5.56 Å². The highest BCUT2D eigenvalue weighted by molar-refractivity contribution is 5.84. The Morgan fingerprint density at radius 2 is 1.77 bits per heavy atom. The van der Waals surface area contributed by atoms with Crippen LogP contribution in [-0.2, 0) is 6.42 Å². The minimum Gasteiger partial charge on any atom is -0.497 e. The summed E-state index contributed by atoms with van der Waals surface area (Å²) >= 11 is 0. The Bertz CT molecular complexity index is 950. The van der Waals surface area contributed by atoms with Gasteiger partial charge in [-0.05, 0) is 30.2 Å². The normalized spacial score (nSPS) is 10.7. The molecule has 3 aromatic rings. The molecule has 134 valence electrons. The fourth-order valence-corrected chi connectivity index (χ4v) is 2.74. The Labute approximate surface area is 147 Å². The first-order chi connectivity index (χ1) is 12.5. The second-order valence-corrected chi connectivity index (χ2v) is 5.65. The van der Waals surface area contributed by atoms with Crippen molar-refractivity contribution in [3.63, 3.8) is 0 Å². The van der Waals surface area contributed by atoms with E-state index in [1.807, 2.05) is 24.4 Å². The summed E-state index contributed by atoms with van der Waals surface area (Å²) in [6, 6.07) is 9.23. The predicted molar refractivity (Wildman–Crippen MR) is 96.8 cm³/mol. The Kier molecular flexibility index (Phi) is 4.70. The summed E-state index contributed by atoms with van der Waals surface area (Å²) < 4.78 is 5.23. The second kappa shape index (κ2) is 7.09. The highest BCUT2D eigenvalue weighted by Crippen LogP contribution is 2.27. The minimum absolute atomic E-state index is 0.321. The molecule has 1 aromatic heterocycles. The van der Waals surface area contributed by atoms with E-state index in [1.165, 1.54) is 12.1 Å². The third kappa shape index (κ3) is 3.56. The minimum atomic E-state index is -0.649. The van der Waals surface area contributed by atoms with Crippen molar-refractivity contribution < 1.29 is 14.6 Å². The molecule has 0 radical (unpaired) electrons. The number of rotatable bonds is 7. The van der Waals surface area contributed by atoms with Crippen molar-refractivity contribution in [1.82, 2.24) is 4.98 Å². The topological polar surface area (TPSA) is 123 Å². The van der Waals surface area contributed by atoms with E-state index in [-0.39, 0.29) is 11.4 Å². The van der Waals surface area contributed by atoms with E-state index in [9.17, 15) is 20.2 Å². The number of nitrogens with one attached hydrogen (secondary N) is 2. The number of hydrogen-bond donors (Lipinski definition) is 2. The molecule has 0 atom stereocenters. The molecule has 9 nitrogen and oxygen atoms in total. The fraction of sp³-hybridized carbons (Fsp3) is 0.176. The van der Waals surface area contributed by atoms with Gasteiger partial charge in [0, 0.05) is 41.5 Å². The number of hydrogen-bond acceptors (Lipinski definition) is 6. The highest BCUT2D eigenvalue weighted by atomic mass is 16.6. The van der Waals surface area contributed by atoms with E-state index in [4.69, 9.17) is 4.74 Å². The maximum atomic E-state index is 10.9. The average Bonchev–Trinajstić information content (AvgIpc) is 3.03. The van der Waals surface area contributed by atoms with Gasteiger partial charge in [0.05, 0.1) is 23.0 Å². The predicted octanol–water partition coefficient (Wildman–Crippen LogP) is 3.65. The van der Waals surface area contributed by atoms with Gasteiger partial charge in [0.25, 0.3) is 11.4 Å². The standard InChI is InChI=1S/C17H16N4O5/c1-26-15-2-3-17-16(9-15)11(10-19-17)4-5-18-12-6-13(20(22)23)8-14(7-12)21(24)25/h2-3,6-10,18-19H,4-5H2,1H3. The molecule has 2 aromatic carbocycles. The van der Waals surface area contributed by atoms with Gasteiger partial charge in [0.15, 0.2) is 0 Å². The van der Waals surface area contributed by atoms with E-state index in [1.54, 1.807) is 7.11 Å². The van der Waals surface area contributed by atoms with Gasteiger partial charge in [-0.15, -0.1) is 0 Å². The number of non-ortho nitro benzene ring substituents is 2. The zero-order chi connectivity index (χ0) is 18.7. The van der Waals surface area contributed by atoms with Crippen molar-refractivity contribution >= 4 is 28.0 Å². The monoisotopic (exact) mass is 356 g/mol. The number of H-pyrrole nitrogens is 1. The van der Waals surface area contributed by atoms with Gasteiger partial charge in [-0.1, -0.05) is 0 Å². The van der Waals surface area contributed by atoms with E-state index in [0.29, 0.717) is 18.7 Å². The van der Waals surface area contributed by atoms with Gasteiger partial charge >= 0.3 is 0 Å².